The van der Waals surface area contributed by atoms with Gasteiger partial charge in [-0.25, -0.2) is 9.97 Å². The Morgan fingerprint density at radius 1 is 1.24 bits per heavy atom. The summed E-state index contributed by atoms with van der Waals surface area (Å²) < 4.78 is 40.1. The zero-order chi connectivity index (χ0) is 15.6. The van der Waals surface area contributed by atoms with Gasteiger partial charge in [-0.3, -0.25) is 0 Å². The Morgan fingerprint density at radius 3 is 2.52 bits per heavy atom. The molecule has 0 atom stereocenters. The summed E-state index contributed by atoms with van der Waals surface area (Å²) >= 11 is 5.69. The van der Waals surface area contributed by atoms with E-state index in [2.05, 4.69) is 14.7 Å². The van der Waals surface area contributed by atoms with Gasteiger partial charge in [-0.1, -0.05) is 11.6 Å². The number of ether oxygens (including phenoxy) is 1. The number of nitrogens with zero attached hydrogens (tertiary/aromatic N) is 2. The van der Waals surface area contributed by atoms with Crippen molar-refractivity contribution < 1.29 is 27.8 Å². The van der Waals surface area contributed by atoms with Crippen LogP contribution in [0.15, 0.2) is 30.6 Å². The number of rotatable bonds is 3. The Morgan fingerprint density at radius 2 is 1.95 bits per heavy atom. The van der Waals surface area contributed by atoms with Crippen molar-refractivity contribution in [2.75, 3.05) is 0 Å². The van der Waals surface area contributed by atoms with Gasteiger partial charge < -0.3 is 14.6 Å². The van der Waals surface area contributed by atoms with E-state index < -0.39 is 18.1 Å². The van der Waals surface area contributed by atoms with Crippen LogP contribution in [0.4, 0.5) is 13.2 Å². The molecule has 1 aromatic carbocycles. The second-order valence-corrected chi connectivity index (χ2v) is 4.18. The largest absolute Gasteiger partial charge is 0.573 e. The van der Waals surface area contributed by atoms with E-state index >= 15 is 0 Å². The van der Waals surface area contributed by atoms with Gasteiger partial charge >= 0.3 is 6.36 Å². The first kappa shape index (κ1) is 15.0. The lowest BCUT2D eigenvalue weighted by molar-refractivity contribution is -0.274. The Kier molecular flexibility index (Phi) is 3.99. The second-order valence-electron chi connectivity index (χ2n) is 3.77. The van der Waals surface area contributed by atoms with Crippen molar-refractivity contribution in [3.8, 4) is 17.0 Å². The highest BCUT2D eigenvalue weighted by Crippen LogP contribution is 2.33. The summed E-state index contributed by atoms with van der Waals surface area (Å²) in [4.78, 5) is 18.0. The third kappa shape index (κ3) is 3.82. The number of carboxylic acid groups (broad SMARTS) is 1. The summed E-state index contributed by atoms with van der Waals surface area (Å²) in [5, 5.41) is 10.4. The maximum atomic E-state index is 12.1. The highest BCUT2D eigenvalue weighted by atomic mass is 35.5. The molecule has 0 saturated carbocycles. The molecule has 0 aliphatic carbocycles. The Balaban J connectivity index is 2.36. The summed E-state index contributed by atoms with van der Waals surface area (Å²) in [5.41, 5.74) is 0.121. The molecule has 5 nitrogen and oxygen atoms in total. The summed E-state index contributed by atoms with van der Waals surface area (Å²) in [6, 6.07) is 4.55. The minimum Gasteiger partial charge on any atom is -0.543 e. The molecule has 110 valence electrons. The molecule has 9 heteroatoms. The summed E-state index contributed by atoms with van der Waals surface area (Å²) in [6.45, 7) is 0. The monoisotopic (exact) mass is 317 g/mol. The summed E-state index contributed by atoms with van der Waals surface area (Å²) in [6.07, 6.45) is -3.86. The molecule has 0 bridgehead atoms. The second kappa shape index (κ2) is 5.57. The highest BCUT2D eigenvalue weighted by molar-refractivity contribution is 6.32. The van der Waals surface area contributed by atoms with Crippen molar-refractivity contribution in [3.05, 3.63) is 41.3 Å². The predicted molar refractivity (Wildman–Crippen MR) is 63.5 cm³/mol. The number of halogens is 4. The molecule has 0 fully saturated rings. The van der Waals surface area contributed by atoms with E-state index in [0.717, 1.165) is 18.5 Å². The number of hydrogen-bond donors (Lipinski definition) is 0. The normalized spacial score (nSPS) is 11.2. The van der Waals surface area contributed by atoms with Gasteiger partial charge in [0.15, 0.2) is 0 Å². The van der Waals surface area contributed by atoms with E-state index in [4.69, 9.17) is 11.6 Å². The maximum Gasteiger partial charge on any atom is 0.573 e. The molecule has 0 aliphatic rings. The first-order valence-corrected chi connectivity index (χ1v) is 5.73. The number of aromatic nitrogens is 2. The van der Waals surface area contributed by atoms with Crippen LogP contribution in [0.5, 0.6) is 5.75 Å². The fourth-order valence-corrected chi connectivity index (χ4v) is 1.71. The van der Waals surface area contributed by atoms with Gasteiger partial charge in [0.25, 0.3) is 0 Å². The Labute approximate surface area is 121 Å². The topological polar surface area (TPSA) is 75.1 Å². The summed E-state index contributed by atoms with van der Waals surface area (Å²) in [5.74, 6) is -2.07. The van der Waals surface area contributed by atoms with Crippen molar-refractivity contribution in [3.63, 3.8) is 0 Å². The van der Waals surface area contributed by atoms with E-state index in [9.17, 15) is 23.1 Å². The average molecular weight is 318 g/mol. The van der Waals surface area contributed by atoms with Gasteiger partial charge in [-0.05, 0) is 24.3 Å². The van der Waals surface area contributed by atoms with Crippen LogP contribution in [0.25, 0.3) is 11.3 Å². The molecular formula is C12H5ClF3N2O3-. The van der Waals surface area contributed by atoms with Crippen LogP contribution in [0.3, 0.4) is 0 Å². The lowest BCUT2D eigenvalue weighted by Gasteiger charge is -2.11. The fraction of sp³-hybridized carbons (Fsp3) is 0.0833. The van der Waals surface area contributed by atoms with E-state index in [-0.39, 0.29) is 16.4 Å². The van der Waals surface area contributed by atoms with E-state index in [1.807, 2.05) is 0 Å². The molecule has 0 saturated heterocycles. The van der Waals surface area contributed by atoms with Gasteiger partial charge in [-0.15, -0.1) is 13.2 Å². The van der Waals surface area contributed by atoms with Gasteiger partial charge in [0, 0.05) is 5.56 Å². The van der Waals surface area contributed by atoms with Crippen LogP contribution < -0.4 is 9.84 Å². The van der Waals surface area contributed by atoms with Crippen LogP contribution >= 0.6 is 11.6 Å². The van der Waals surface area contributed by atoms with Gasteiger partial charge in [-0.2, -0.15) is 0 Å². The fourth-order valence-electron chi connectivity index (χ4n) is 1.49. The Hall–Kier alpha value is -2.35. The smallest absolute Gasteiger partial charge is 0.543 e. The number of hydrogen-bond acceptors (Lipinski definition) is 5. The van der Waals surface area contributed by atoms with Crippen molar-refractivity contribution in [1.82, 2.24) is 9.97 Å². The molecule has 0 spiro atoms. The number of carbonyl (C=O) groups excluding carboxylic acids is 1. The van der Waals surface area contributed by atoms with Gasteiger partial charge in [0.1, 0.15) is 12.1 Å². The molecule has 0 amide bonds. The average Bonchev–Trinajstić information content (AvgIpc) is 2.40. The molecule has 0 radical (unpaired) electrons. The Bertz CT molecular complexity index is 692. The first-order chi connectivity index (χ1) is 9.76. The lowest BCUT2D eigenvalue weighted by atomic mass is 10.1. The molecule has 1 aromatic heterocycles. The van der Waals surface area contributed by atoms with Gasteiger partial charge in [0.05, 0.1) is 22.4 Å². The number of alkyl halides is 3. The predicted octanol–water partition coefficient (Wildman–Crippen LogP) is 2.06. The maximum absolute atomic E-state index is 12.1. The van der Waals surface area contributed by atoms with Crippen molar-refractivity contribution >= 4 is 17.6 Å². The standard InChI is InChI=1S/C12H6ClF3N2O3/c13-7-3-6(1-2-10(7)21-12(14,15)16)8-4-9(11(19)20)18-5-17-8/h1-5H,(H,19,20)/p-1. The molecule has 2 rings (SSSR count). The molecular weight excluding hydrogens is 313 g/mol. The van der Waals surface area contributed by atoms with Crippen LogP contribution in [-0.4, -0.2) is 22.3 Å². The molecule has 0 N–H and O–H groups in total. The molecule has 0 aliphatic heterocycles. The molecule has 1 heterocycles. The van der Waals surface area contributed by atoms with Crippen LogP contribution in [-0.2, 0) is 0 Å². The lowest BCUT2D eigenvalue weighted by Crippen LogP contribution is -2.23. The molecule has 2 aromatic rings. The van der Waals surface area contributed by atoms with Crippen molar-refractivity contribution in [1.29, 1.82) is 0 Å². The molecule has 21 heavy (non-hydrogen) atoms. The summed E-state index contributed by atoms with van der Waals surface area (Å²) in [7, 11) is 0. The quantitative estimate of drug-likeness (QED) is 0.866. The van der Waals surface area contributed by atoms with Crippen molar-refractivity contribution in [2.24, 2.45) is 0 Å². The zero-order valence-electron chi connectivity index (χ0n) is 10.0. The zero-order valence-corrected chi connectivity index (χ0v) is 10.8. The van der Waals surface area contributed by atoms with Gasteiger partial charge in [0.2, 0.25) is 0 Å². The van der Waals surface area contributed by atoms with Crippen molar-refractivity contribution in [2.45, 2.75) is 6.36 Å². The highest BCUT2D eigenvalue weighted by Gasteiger charge is 2.32. The van der Waals surface area contributed by atoms with E-state index in [1.165, 1.54) is 12.1 Å². The minimum absolute atomic E-state index is 0.171. The SMILES string of the molecule is O=C([O-])c1cc(-c2ccc(OC(F)(F)F)c(Cl)c2)ncn1. The third-order valence-electron chi connectivity index (χ3n) is 2.33. The first-order valence-electron chi connectivity index (χ1n) is 5.35. The van der Waals surface area contributed by atoms with Crippen LogP contribution in [0.1, 0.15) is 10.5 Å². The van der Waals surface area contributed by atoms with Crippen LogP contribution in [0.2, 0.25) is 5.02 Å². The van der Waals surface area contributed by atoms with E-state index in [1.54, 1.807) is 0 Å². The number of benzene rings is 1. The number of aromatic carboxylic acids is 1. The van der Waals surface area contributed by atoms with Crippen LogP contribution in [0, 0.1) is 0 Å². The number of carboxylic acids is 1. The minimum atomic E-state index is -4.86. The van der Waals surface area contributed by atoms with E-state index in [0.29, 0.717) is 5.56 Å². The molecule has 0 unspecified atom stereocenters. The number of carbonyl (C=O) groups is 1. The third-order valence-corrected chi connectivity index (χ3v) is 2.62.